The van der Waals surface area contributed by atoms with E-state index in [1.807, 2.05) is 0 Å². The Hall–Kier alpha value is -1.54. The van der Waals surface area contributed by atoms with E-state index < -0.39 is 0 Å². The molecule has 1 saturated heterocycles. The maximum absolute atomic E-state index is 11.7. The second-order valence-corrected chi connectivity index (χ2v) is 5.46. The Bertz CT molecular complexity index is 408. The van der Waals surface area contributed by atoms with Crippen LogP contribution in [-0.2, 0) is 16.1 Å². The number of morpholine rings is 1. The third-order valence-electron chi connectivity index (χ3n) is 3.07. The van der Waals surface area contributed by atoms with Crippen LogP contribution in [0.4, 0.5) is 0 Å². The highest BCUT2D eigenvalue weighted by molar-refractivity contribution is 5.75. The summed E-state index contributed by atoms with van der Waals surface area (Å²) in [5.41, 5.74) is 0. The van der Waals surface area contributed by atoms with Crippen LogP contribution in [0.25, 0.3) is 0 Å². The van der Waals surface area contributed by atoms with Crippen LogP contribution in [0, 0.1) is 5.92 Å². The predicted molar refractivity (Wildman–Crippen MR) is 71.8 cm³/mol. The molecule has 112 valence electrons. The molecule has 1 aromatic heterocycles. The van der Waals surface area contributed by atoms with Gasteiger partial charge in [-0.1, -0.05) is 13.8 Å². The van der Waals surface area contributed by atoms with Crippen LogP contribution in [0.1, 0.15) is 13.8 Å². The molecular formula is C12H22N6O2. The molecule has 1 fully saturated rings. The first kappa shape index (κ1) is 14.9. The quantitative estimate of drug-likeness (QED) is 0.731. The van der Waals surface area contributed by atoms with E-state index in [-0.39, 0.29) is 18.6 Å². The highest BCUT2D eigenvalue weighted by Crippen LogP contribution is 2.07. The zero-order valence-electron chi connectivity index (χ0n) is 12.0. The first-order valence-electron chi connectivity index (χ1n) is 6.95. The standard InChI is InChI=1S/C12H22N6O2/c1-10(2)6-17-3-4-20-11(7-17)5-13-12(19)8-18-9-14-15-16-18/h9-11H,3-8H2,1-2H3,(H,13,19). The average molecular weight is 282 g/mol. The van der Waals surface area contributed by atoms with Crippen LogP contribution in [-0.4, -0.2) is 69.9 Å². The van der Waals surface area contributed by atoms with Crippen LogP contribution >= 0.6 is 0 Å². The van der Waals surface area contributed by atoms with Gasteiger partial charge in [-0.15, -0.1) is 5.10 Å². The molecule has 1 atom stereocenters. The van der Waals surface area contributed by atoms with Gasteiger partial charge >= 0.3 is 0 Å². The Labute approximate surface area is 118 Å². The maximum atomic E-state index is 11.7. The molecule has 8 nitrogen and oxygen atoms in total. The molecule has 2 heterocycles. The number of carbonyl (C=O) groups excluding carboxylic acids is 1. The molecule has 20 heavy (non-hydrogen) atoms. The second kappa shape index (κ2) is 7.30. The van der Waals surface area contributed by atoms with E-state index in [1.165, 1.54) is 11.0 Å². The van der Waals surface area contributed by atoms with Crippen molar-refractivity contribution in [3.8, 4) is 0 Å². The smallest absolute Gasteiger partial charge is 0.241 e. The number of nitrogens with zero attached hydrogens (tertiary/aromatic N) is 5. The van der Waals surface area contributed by atoms with Gasteiger partial charge in [-0.3, -0.25) is 9.69 Å². The normalized spacial score (nSPS) is 20.2. The van der Waals surface area contributed by atoms with Crippen LogP contribution in [0.15, 0.2) is 6.33 Å². The van der Waals surface area contributed by atoms with Gasteiger partial charge in [-0.05, 0) is 16.3 Å². The average Bonchev–Trinajstić information content (AvgIpc) is 2.89. The van der Waals surface area contributed by atoms with Gasteiger partial charge in [-0.2, -0.15) is 0 Å². The summed E-state index contributed by atoms with van der Waals surface area (Å²) >= 11 is 0. The molecule has 0 spiro atoms. The van der Waals surface area contributed by atoms with E-state index in [1.54, 1.807) is 0 Å². The number of hydrogen-bond acceptors (Lipinski definition) is 6. The van der Waals surface area contributed by atoms with E-state index >= 15 is 0 Å². The lowest BCUT2D eigenvalue weighted by Gasteiger charge is -2.33. The second-order valence-electron chi connectivity index (χ2n) is 5.46. The summed E-state index contributed by atoms with van der Waals surface area (Å²) in [5.74, 6) is 0.532. The molecule has 0 bridgehead atoms. The van der Waals surface area contributed by atoms with Gasteiger partial charge in [-0.25, -0.2) is 4.68 Å². The number of carbonyl (C=O) groups is 1. The van der Waals surface area contributed by atoms with Gasteiger partial charge in [0.05, 0.1) is 12.7 Å². The van der Waals surface area contributed by atoms with Crippen molar-refractivity contribution in [3.63, 3.8) is 0 Å². The molecular weight excluding hydrogens is 260 g/mol. The Balaban J connectivity index is 1.69. The first-order valence-corrected chi connectivity index (χ1v) is 6.95. The van der Waals surface area contributed by atoms with Crippen molar-refractivity contribution >= 4 is 5.91 Å². The highest BCUT2D eigenvalue weighted by atomic mass is 16.5. The van der Waals surface area contributed by atoms with Gasteiger partial charge in [0.1, 0.15) is 12.9 Å². The summed E-state index contributed by atoms with van der Waals surface area (Å²) in [6.45, 7) is 8.69. The first-order chi connectivity index (χ1) is 9.63. The van der Waals surface area contributed by atoms with Gasteiger partial charge in [0.25, 0.3) is 0 Å². The van der Waals surface area contributed by atoms with E-state index in [0.29, 0.717) is 12.5 Å². The van der Waals surface area contributed by atoms with Crippen LogP contribution in [0.2, 0.25) is 0 Å². The fourth-order valence-corrected chi connectivity index (χ4v) is 2.27. The fourth-order valence-electron chi connectivity index (χ4n) is 2.27. The van der Waals surface area contributed by atoms with Gasteiger partial charge < -0.3 is 10.1 Å². The molecule has 1 unspecified atom stereocenters. The number of nitrogens with one attached hydrogen (secondary N) is 1. The summed E-state index contributed by atoms with van der Waals surface area (Å²) < 4.78 is 7.06. The molecule has 0 aliphatic carbocycles. The van der Waals surface area contributed by atoms with Crippen LogP contribution in [0.5, 0.6) is 0 Å². The molecule has 1 aromatic rings. The molecule has 0 radical (unpaired) electrons. The van der Waals surface area contributed by atoms with E-state index in [4.69, 9.17) is 4.74 Å². The van der Waals surface area contributed by atoms with Crippen molar-refractivity contribution in [2.24, 2.45) is 5.92 Å². The predicted octanol–water partition coefficient (Wildman–Crippen LogP) is -0.854. The van der Waals surface area contributed by atoms with Crippen molar-refractivity contribution in [1.82, 2.24) is 30.4 Å². The summed E-state index contributed by atoms with van der Waals surface area (Å²) in [4.78, 5) is 14.1. The minimum atomic E-state index is -0.109. The van der Waals surface area contributed by atoms with Gasteiger partial charge in [0.2, 0.25) is 5.91 Å². The maximum Gasteiger partial charge on any atom is 0.241 e. The number of ether oxygens (including phenoxy) is 1. The van der Waals surface area contributed by atoms with Gasteiger partial charge in [0, 0.05) is 26.2 Å². The zero-order chi connectivity index (χ0) is 14.4. The molecule has 0 aromatic carbocycles. The third kappa shape index (κ3) is 4.86. The van der Waals surface area contributed by atoms with Crippen LogP contribution in [0.3, 0.4) is 0 Å². The molecule has 8 heteroatoms. The van der Waals surface area contributed by atoms with Crippen molar-refractivity contribution in [3.05, 3.63) is 6.33 Å². The molecule has 1 aliphatic rings. The molecule has 1 aliphatic heterocycles. The van der Waals surface area contributed by atoms with Crippen molar-refractivity contribution in [2.75, 3.05) is 32.8 Å². The summed E-state index contributed by atoms with van der Waals surface area (Å²) in [7, 11) is 0. The Kier molecular flexibility index (Phi) is 5.42. The van der Waals surface area contributed by atoms with Gasteiger partial charge in [0.15, 0.2) is 0 Å². The Morgan fingerprint density at radius 1 is 1.55 bits per heavy atom. The minimum Gasteiger partial charge on any atom is -0.374 e. The lowest BCUT2D eigenvalue weighted by molar-refractivity contribution is -0.123. The SMILES string of the molecule is CC(C)CN1CCOC(CNC(=O)Cn2cnnn2)C1. The lowest BCUT2D eigenvalue weighted by atomic mass is 10.2. The fraction of sp³-hybridized carbons (Fsp3) is 0.833. The zero-order valence-corrected chi connectivity index (χ0v) is 12.0. The summed E-state index contributed by atoms with van der Waals surface area (Å²) in [6, 6.07) is 0. The van der Waals surface area contributed by atoms with Crippen molar-refractivity contribution in [2.45, 2.75) is 26.5 Å². The lowest BCUT2D eigenvalue weighted by Crippen LogP contribution is -2.48. The molecule has 2 rings (SSSR count). The Morgan fingerprint density at radius 3 is 3.10 bits per heavy atom. The monoisotopic (exact) mass is 282 g/mol. The third-order valence-corrected chi connectivity index (χ3v) is 3.07. The topological polar surface area (TPSA) is 85.2 Å². The Morgan fingerprint density at radius 2 is 2.40 bits per heavy atom. The molecule has 1 N–H and O–H groups in total. The van der Waals surface area contributed by atoms with E-state index in [9.17, 15) is 4.79 Å². The molecule has 0 saturated carbocycles. The van der Waals surface area contributed by atoms with E-state index in [0.717, 1.165) is 26.2 Å². The number of tetrazole rings is 1. The summed E-state index contributed by atoms with van der Waals surface area (Å²) in [6.07, 6.45) is 1.47. The minimum absolute atomic E-state index is 0.0559. The number of rotatable bonds is 6. The van der Waals surface area contributed by atoms with E-state index in [2.05, 4.69) is 39.6 Å². The molecule has 1 amide bonds. The van der Waals surface area contributed by atoms with Crippen LogP contribution < -0.4 is 5.32 Å². The highest BCUT2D eigenvalue weighted by Gasteiger charge is 2.21. The number of aromatic nitrogens is 4. The van der Waals surface area contributed by atoms with Crippen molar-refractivity contribution < 1.29 is 9.53 Å². The largest absolute Gasteiger partial charge is 0.374 e. The number of hydrogen-bond donors (Lipinski definition) is 1. The van der Waals surface area contributed by atoms with Crippen molar-refractivity contribution in [1.29, 1.82) is 0 Å². The summed E-state index contributed by atoms with van der Waals surface area (Å²) in [5, 5.41) is 13.5. The number of amides is 1.